The van der Waals surface area contributed by atoms with Crippen LogP contribution in [0, 0.1) is 6.92 Å². The van der Waals surface area contributed by atoms with E-state index in [1.54, 1.807) is 4.90 Å². The summed E-state index contributed by atoms with van der Waals surface area (Å²) < 4.78 is 0.843. The molecule has 0 radical (unpaired) electrons. The Hall–Kier alpha value is -1.40. The molecular weight excluding hydrogens is 278 g/mol. The van der Waals surface area contributed by atoms with Crippen molar-refractivity contribution >= 4 is 34.7 Å². The molecule has 0 aliphatic rings. The van der Waals surface area contributed by atoms with Gasteiger partial charge in [-0.2, -0.15) is 0 Å². The Morgan fingerprint density at radius 2 is 2.05 bits per heavy atom. The number of carbonyl (C=O) groups is 1. The highest BCUT2D eigenvalue weighted by Gasteiger charge is 2.14. The molecule has 1 aromatic heterocycles. The summed E-state index contributed by atoms with van der Waals surface area (Å²) in [4.78, 5) is 14.0. The van der Waals surface area contributed by atoms with Crippen LogP contribution < -0.4 is 4.90 Å². The van der Waals surface area contributed by atoms with Gasteiger partial charge in [0.1, 0.15) is 5.01 Å². The van der Waals surface area contributed by atoms with Crippen LogP contribution in [-0.4, -0.2) is 28.4 Å². The largest absolute Gasteiger partial charge is 0.312 e. The number of para-hydroxylation sites is 1. The second-order valence-electron chi connectivity index (χ2n) is 3.85. The number of hydrogen-bond donors (Lipinski definition) is 0. The Bertz CT molecular complexity index is 542. The maximum absolute atomic E-state index is 12.2. The van der Waals surface area contributed by atoms with Crippen molar-refractivity contribution in [1.29, 1.82) is 0 Å². The van der Waals surface area contributed by atoms with Gasteiger partial charge in [0.15, 0.2) is 4.34 Å². The lowest BCUT2D eigenvalue weighted by molar-refractivity contribution is -0.116. The van der Waals surface area contributed by atoms with Gasteiger partial charge in [-0.3, -0.25) is 4.79 Å². The van der Waals surface area contributed by atoms with Crippen molar-refractivity contribution in [3.05, 3.63) is 35.3 Å². The average Bonchev–Trinajstić information content (AvgIpc) is 2.84. The highest BCUT2D eigenvalue weighted by atomic mass is 32.2. The van der Waals surface area contributed by atoms with Crippen LogP contribution in [0.5, 0.6) is 0 Å². The van der Waals surface area contributed by atoms with Crippen LogP contribution in [0.1, 0.15) is 11.9 Å². The Kier molecular flexibility index (Phi) is 4.93. The molecule has 0 atom stereocenters. The smallest absolute Gasteiger partial charge is 0.237 e. The van der Waals surface area contributed by atoms with E-state index in [0.29, 0.717) is 12.3 Å². The van der Waals surface area contributed by atoms with Crippen molar-refractivity contribution in [2.45, 2.75) is 18.2 Å². The topological polar surface area (TPSA) is 46.1 Å². The number of benzene rings is 1. The van der Waals surface area contributed by atoms with Crippen LogP contribution in [-0.2, 0) is 4.79 Å². The van der Waals surface area contributed by atoms with Gasteiger partial charge < -0.3 is 4.90 Å². The van der Waals surface area contributed by atoms with E-state index in [9.17, 15) is 4.79 Å². The normalized spacial score (nSPS) is 10.4. The summed E-state index contributed by atoms with van der Waals surface area (Å²) in [5, 5.41) is 8.87. The molecule has 100 valence electrons. The minimum absolute atomic E-state index is 0.0894. The van der Waals surface area contributed by atoms with Gasteiger partial charge >= 0.3 is 0 Å². The minimum Gasteiger partial charge on any atom is -0.312 e. The lowest BCUT2D eigenvalue weighted by atomic mass is 10.3. The molecule has 0 spiro atoms. The minimum atomic E-state index is 0.0894. The first-order chi connectivity index (χ1) is 9.20. The highest BCUT2D eigenvalue weighted by molar-refractivity contribution is 8.01. The van der Waals surface area contributed by atoms with Crippen LogP contribution in [0.2, 0.25) is 0 Å². The van der Waals surface area contributed by atoms with Gasteiger partial charge in [-0.1, -0.05) is 41.3 Å². The molecule has 2 rings (SSSR count). The molecule has 19 heavy (non-hydrogen) atoms. The second kappa shape index (κ2) is 6.68. The summed E-state index contributed by atoms with van der Waals surface area (Å²) in [6.07, 6.45) is 0. The van der Waals surface area contributed by atoms with Crippen molar-refractivity contribution in [2.75, 3.05) is 17.2 Å². The van der Waals surface area contributed by atoms with Crippen LogP contribution >= 0.6 is 23.1 Å². The van der Waals surface area contributed by atoms with Crippen molar-refractivity contribution in [3.8, 4) is 0 Å². The van der Waals surface area contributed by atoms with Crippen molar-refractivity contribution in [1.82, 2.24) is 10.2 Å². The predicted molar refractivity (Wildman–Crippen MR) is 79.8 cm³/mol. The van der Waals surface area contributed by atoms with Crippen LogP contribution in [0.3, 0.4) is 0 Å². The number of rotatable bonds is 5. The highest BCUT2D eigenvalue weighted by Crippen LogP contribution is 2.23. The fraction of sp³-hybridized carbons (Fsp3) is 0.308. The second-order valence-corrected chi connectivity index (χ2v) is 6.25. The van der Waals surface area contributed by atoms with Gasteiger partial charge in [-0.25, -0.2) is 0 Å². The number of aromatic nitrogens is 2. The van der Waals surface area contributed by atoms with E-state index in [-0.39, 0.29) is 5.91 Å². The molecule has 0 N–H and O–H groups in total. The molecule has 0 fully saturated rings. The number of carbonyl (C=O) groups excluding carboxylic acids is 1. The molecule has 0 aliphatic carbocycles. The van der Waals surface area contributed by atoms with Crippen LogP contribution in [0.15, 0.2) is 34.7 Å². The van der Waals surface area contributed by atoms with E-state index >= 15 is 0 Å². The van der Waals surface area contributed by atoms with E-state index in [4.69, 9.17) is 0 Å². The molecule has 2 aromatic rings. The average molecular weight is 293 g/mol. The summed E-state index contributed by atoms with van der Waals surface area (Å²) in [7, 11) is 0. The van der Waals surface area contributed by atoms with E-state index in [2.05, 4.69) is 10.2 Å². The first-order valence-electron chi connectivity index (χ1n) is 5.99. The maximum atomic E-state index is 12.2. The molecule has 6 heteroatoms. The molecule has 0 aliphatic heterocycles. The molecular formula is C13H15N3OS2. The maximum Gasteiger partial charge on any atom is 0.237 e. The van der Waals surface area contributed by atoms with Crippen molar-refractivity contribution in [2.24, 2.45) is 0 Å². The Morgan fingerprint density at radius 3 is 2.63 bits per heavy atom. The van der Waals surface area contributed by atoms with Gasteiger partial charge in [-0.15, -0.1) is 10.2 Å². The molecule has 0 saturated heterocycles. The standard InChI is InChI=1S/C13H15N3OS2/c1-3-16(11-7-5-4-6-8-11)12(17)9-18-13-15-14-10(2)19-13/h4-8H,3,9H2,1-2H3. The molecule has 1 heterocycles. The fourth-order valence-electron chi connectivity index (χ4n) is 1.65. The van der Waals surface area contributed by atoms with Crippen LogP contribution in [0.4, 0.5) is 5.69 Å². The van der Waals surface area contributed by atoms with Gasteiger partial charge in [0.25, 0.3) is 0 Å². The van der Waals surface area contributed by atoms with Gasteiger partial charge in [0.05, 0.1) is 5.75 Å². The van der Waals surface area contributed by atoms with E-state index in [0.717, 1.165) is 15.0 Å². The number of amides is 1. The summed E-state index contributed by atoms with van der Waals surface area (Å²) in [5.41, 5.74) is 0.934. The summed E-state index contributed by atoms with van der Waals surface area (Å²) in [5.74, 6) is 0.476. The SMILES string of the molecule is CCN(C(=O)CSc1nnc(C)s1)c1ccccc1. The van der Waals surface area contributed by atoms with Crippen LogP contribution in [0.25, 0.3) is 0 Å². The lowest BCUT2D eigenvalue weighted by Gasteiger charge is -2.20. The molecule has 4 nitrogen and oxygen atoms in total. The third-order valence-electron chi connectivity index (χ3n) is 2.51. The fourth-order valence-corrected chi connectivity index (χ4v) is 3.34. The number of hydrogen-bond acceptors (Lipinski definition) is 5. The molecule has 0 unspecified atom stereocenters. The summed E-state index contributed by atoms with van der Waals surface area (Å²) >= 11 is 2.96. The lowest BCUT2D eigenvalue weighted by Crippen LogP contribution is -2.32. The zero-order valence-electron chi connectivity index (χ0n) is 10.9. The summed E-state index contributed by atoms with van der Waals surface area (Å²) in [6, 6.07) is 9.71. The predicted octanol–water partition coefficient (Wildman–Crippen LogP) is 2.99. The number of aryl methyl sites for hydroxylation is 1. The van der Waals surface area contributed by atoms with E-state index in [1.165, 1.54) is 23.1 Å². The van der Waals surface area contributed by atoms with Gasteiger partial charge in [0, 0.05) is 12.2 Å². The number of nitrogens with zero attached hydrogens (tertiary/aromatic N) is 3. The first-order valence-corrected chi connectivity index (χ1v) is 7.79. The number of anilines is 1. The number of thioether (sulfide) groups is 1. The zero-order valence-corrected chi connectivity index (χ0v) is 12.5. The third-order valence-corrected chi connectivity index (χ3v) is 4.47. The molecule has 0 saturated carbocycles. The molecule has 1 aromatic carbocycles. The first kappa shape index (κ1) is 14.0. The monoisotopic (exact) mass is 293 g/mol. The Labute approximate surface area is 120 Å². The summed E-state index contributed by atoms with van der Waals surface area (Å²) in [6.45, 7) is 4.55. The van der Waals surface area contributed by atoms with Crippen molar-refractivity contribution < 1.29 is 4.79 Å². The zero-order chi connectivity index (χ0) is 13.7. The van der Waals surface area contributed by atoms with Gasteiger partial charge in [0.2, 0.25) is 5.91 Å². The van der Waals surface area contributed by atoms with Gasteiger partial charge in [-0.05, 0) is 26.0 Å². The molecule has 1 amide bonds. The third kappa shape index (κ3) is 3.78. The van der Waals surface area contributed by atoms with E-state index in [1.807, 2.05) is 44.2 Å². The van der Waals surface area contributed by atoms with Crippen molar-refractivity contribution in [3.63, 3.8) is 0 Å². The molecule has 0 bridgehead atoms. The van der Waals surface area contributed by atoms with E-state index < -0.39 is 0 Å². The quantitative estimate of drug-likeness (QED) is 0.795. The Balaban J connectivity index is 1.98. The Morgan fingerprint density at radius 1 is 1.32 bits per heavy atom.